The second-order valence-electron chi connectivity index (χ2n) is 7.13. The van der Waals surface area contributed by atoms with Crippen LogP contribution in [0, 0.1) is 5.92 Å². The van der Waals surface area contributed by atoms with Crippen molar-refractivity contribution in [1.82, 2.24) is 5.32 Å². The number of benzene rings is 1. The Morgan fingerprint density at radius 1 is 1.16 bits per heavy atom. The van der Waals surface area contributed by atoms with Gasteiger partial charge in [0.15, 0.2) is 0 Å². The number of rotatable bonds is 6. The van der Waals surface area contributed by atoms with Crippen LogP contribution in [0.25, 0.3) is 0 Å². The summed E-state index contributed by atoms with van der Waals surface area (Å²) in [7, 11) is 0. The molecule has 1 fully saturated rings. The van der Waals surface area contributed by atoms with Crippen LogP contribution in [0.5, 0.6) is 0 Å². The first-order valence-corrected chi connectivity index (χ1v) is 7.80. The van der Waals surface area contributed by atoms with Gasteiger partial charge >= 0.3 is 0 Å². The van der Waals surface area contributed by atoms with Crippen molar-refractivity contribution in [1.29, 1.82) is 0 Å². The normalized spacial score (nSPS) is 17.5. The number of hydrogen-bond donors (Lipinski definition) is 1. The molecule has 0 spiro atoms. The first-order chi connectivity index (χ1) is 8.97. The minimum absolute atomic E-state index is 0.249. The summed E-state index contributed by atoms with van der Waals surface area (Å²) in [4.78, 5) is 0. The molecule has 0 heterocycles. The molecular weight excluding hydrogens is 230 g/mol. The van der Waals surface area contributed by atoms with Gasteiger partial charge in [-0.2, -0.15) is 0 Å². The third kappa shape index (κ3) is 4.65. The topological polar surface area (TPSA) is 12.0 Å². The molecule has 0 aromatic heterocycles. The van der Waals surface area contributed by atoms with Crippen molar-refractivity contribution in [3.8, 4) is 0 Å². The molecule has 0 saturated heterocycles. The van der Waals surface area contributed by atoms with Crippen molar-refractivity contribution in [3.63, 3.8) is 0 Å². The lowest BCUT2D eigenvalue weighted by molar-refractivity contribution is 0.532. The Morgan fingerprint density at radius 3 is 2.32 bits per heavy atom. The summed E-state index contributed by atoms with van der Waals surface area (Å²) in [5.41, 5.74) is 3.07. The van der Waals surface area contributed by atoms with Gasteiger partial charge in [-0.05, 0) is 48.8 Å². The van der Waals surface area contributed by atoms with Crippen LogP contribution in [0.15, 0.2) is 24.3 Å². The molecule has 1 aliphatic rings. The Kier molecular flexibility index (Phi) is 4.67. The van der Waals surface area contributed by atoms with Crippen molar-refractivity contribution in [2.45, 2.75) is 64.8 Å². The van der Waals surface area contributed by atoms with Crippen molar-refractivity contribution >= 4 is 0 Å². The summed E-state index contributed by atoms with van der Waals surface area (Å²) in [5, 5.41) is 3.64. The van der Waals surface area contributed by atoms with Crippen LogP contribution >= 0.6 is 0 Å². The van der Waals surface area contributed by atoms with E-state index in [9.17, 15) is 0 Å². The third-order valence-corrected chi connectivity index (χ3v) is 4.21. The molecule has 0 amide bonds. The van der Waals surface area contributed by atoms with Crippen LogP contribution in [0.3, 0.4) is 0 Å². The molecule has 1 atom stereocenters. The molecule has 2 rings (SSSR count). The molecule has 0 radical (unpaired) electrons. The molecule has 19 heavy (non-hydrogen) atoms. The van der Waals surface area contributed by atoms with E-state index in [-0.39, 0.29) is 5.41 Å². The Bertz CT molecular complexity index is 381. The molecule has 0 aliphatic heterocycles. The van der Waals surface area contributed by atoms with Crippen LogP contribution in [-0.2, 0) is 5.41 Å². The fourth-order valence-corrected chi connectivity index (χ4v) is 2.51. The van der Waals surface area contributed by atoms with E-state index >= 15 is 0 Å². The summed E-state index contributed by atoms with van der Waals surface area (Å²) >= 11 is 0. The number of hydrogen-bond acceptors (Lipinski definition) is 1. The predicted octanol–water partition coefficient (Wildman–Crippen LogP) is 4.82. The molecule has 1 nitrogen and oxygen atoms in total. The molecule has 106 valence electrons. The summed E-state index contributed by atoms with van der Waals surface area (Å²) in [6.07, 6.45) is 5.70. The highest BCUT2D eigenvalue weighted by atomic mass is 14.9. The smallest absolute Gasteiger partial charge is 0.0291 e. The summed E-state index contributed by atoms with van der Waals surface area (Å²) in [5.74, 6) is 1.06. The van der Waals surface area contributed by atoms with Crippen molar-refractivity contribution in [3.05, 3.63) is 35.4 Å². The Morgan fingerprint density at radius 2 is 1.79 bits per heavy atom. The average Bonchev–Trinajstić information content (AvgIpc) is 3.17. The van der Waals surface area contributed by atoms with Gasteiger partial charge in [0.25, 0.3) is 0 Å². The zero-order valence-corrected chi connectivity index (χ0v) is 13.0. The van der Waals surface area contributed by atoms with Gasteiger partial charge in [0.1, 0.15) is 0 Å². The third-order valence-electron chi connectivity index (χ3n) is 4.21. The maximum absolute atomic E-state index is 3.64. The van der Waals surface area contributed by atoms with Crippen LogP contribution in [0.1, 0.15) is 70.5 Å². The number of nitrogens with one attached hydrogen (secondary N) is 1. The van der Waals surface area contributed by atoms with Gasteiger partial charge in [-0.15, -0.1) is 0 Å². The van der Waals surface area contributed by atoms with Crippen LogP contribution in [-0.4, -0.2) is 6.54 Å². The van der Waals surface area contributed by atoms with Gasteiger partial charge in [-0.25, -0.2) is 0 Å². The molecule has 1 unspecified atom stereocenters. The maximum Gasteiger partial charge on any atom is 0.0291 e. The van der Waals surface area contributed by atoms with Crippen molar-refractivity contribution in [2.75, 3.05) is 6.54 Å². The average molecular weight is 259 g/mol. The van der Waals surface area contributed by atoms with Crippen LogP contribution in [0.4, 0.5) is 0 Å². The lowest BCUT2D eigenvalue weighted by Gasteiger charge is -2.20. The molecular formula is C18H29N. The molecule has 1 saturated carbocycles. The highest BCUT2D eigenvalue weighted by Crippen LogP contribution is 2.33. The van der Waals surface area contributed by atoms with Crippen LogP contribution in [0.2, 0.25) is 0 Å². The van der Waals surface area contributed by atoms with Gasteiger partial charge in [-0.3, -0.25) is 0 Å². The SMILES string of the molecule is CC(NCCCC1CC1)c1ccc(C(C)(C)C)cc1. The van der Waals surface area contributed by atoms with Crippen molar-refractivity contribution in [2.24, 2.45) is 5.92 Å². The monoisotopic (exact) mass is 259 g/mol. The minimum Gasteiger partial charge on any atom is -0.310 e. The van der Waals surface area contributed by atoms with E-state index in [0.717, 1.165) is 12.5 Å². The van der Waals surface area contributed by atoms with E-state index < -0.39 is 0 Å². The Labute approximate surface area is 118 Å². The molecule has 1 heteroatoms. The van der Waals surface area contributed by atoms with E-state index in [2.05, 4.69) is 57.3 Å². The largest absolute Gasteiger partial charge is 0.310 e. The fraction of sp³-hybridized carbons (Fsp3) is 0.667. The molecule has 1 aromatic rings. The summed E-state index contributed by atoms with van der Waals surface area (Å²) < 4.78 is 0. The standard InChI is InChI=1S/C18H29N/c1-14(19-13-5-6-15-7-8-15)16-9-11-17(12-10-16)18(2,3)4/h9-12,14-15,19H,5-8,13H2,1-4H3. The molecule has 1 N–H and O–H groups in total. The van der Waals surface area contributed by atoms with Crippen molar-refractivity contribution < 1.29 is 0 Å². The highest BCUT2D eigenvalue weighted by Gasteiger charge is 2.20. The van der Waals surface area contributed by atoms with Gasteiger partial charge in [0.05, 0.1) is 0 Å². The van der Waals surface area contributed by atoms with E-state index in [0.29, 0.717) is 6.04 Å². The van der Waals surface area contributed by atoms with Gasteiger partial charge in [0.2, 0.25) is 0 Å². The second-order valence-corrected chi connectivity index (χ2v) is 7.13. The first kappa shape index (κ1) is 14.6. The van der Waals surface area contributed by atoms with E-state index in [1.807, 2.05) is 0 Å². The van der Waals surface area contributed by atoms with Gasteiger partial charge < -0.3 is 5.32 Å². The summed E-state index contributed by atoms with van der Waals surface area (Å²) in [6.45, 7) is 10.2. The van der Waals surface area contributed by atoms with E-state index in [1.54, 1.807) is 0 Å². The predicted molar refractivity (Wildman–Crippen MR) is 83.5 cm³/mol. The van der Waals surface area contributed by atoms with Gasteiger partial charge in [0, 0.05) is 6.04 Å². The second kappa shape index (κ2) is 6.09. The molecule has 1 aliphatic carbocycles. The zero-order chi connectivity index (χ0) is 13.9. The van der Waals surface area contributed by atoms with E-state index in [1.165, 1.54) is 36.8 Å². The maximum atomic E-state index is 3.64. The van der Waals surface area contributed by atoms with Gasteiger partial charge in [-0.1, -0.05) is 57.9 Å². The van der Waals surface area contributed by atoms with Crippen LogP contribution < -0.4 is 5.32 Å². The lowest BCUT2D eigenvalue weighted by atomic mass is 9.86. The lowest BCUT2D eigenvalue weighted by Crippen LogP contribution is -2.20. The van der Waals surface area contributed by atoms with E-state index in [4.69, 9.17) is 0 Å². The Hall–Kier alpha value is -0.820. The fourth-order valence-electron chi connectivity index (χ4n) is 2.51. The summed E-state index contributed by atoms with van der Waals surface area (Å²) in [6, 6.07) is 9.57. The Balaban J connectivity index is 1.79. The highest BCUT2D eigenvalue weighted by molar-refractivity contribution is 5.28. The minimum atomic E-state index is 0.249. The zero-order valence-electron chi connectivity index (χ0n) is 13.0. The first-order valence-electron chi connectivity index (χ1n) is 7.80. The quantitative estimate of drug-likeness (QED) is 0.722. The molecule has 1 aromatic carbocycles. The molecule has 0 bridgehead atoms.